The second kappa shape index (κ2) is 5.76. The number of amides is 2. The van der Waals surface area contributed by atoms with Crippen LogP contribution in [-0.4, -0.2) is 29.9 Å². The summed E-state index contributed by atoms with van der Waals surface area (Å²) in [6, 6.07) is 5.56. The van der Waals surface area contributed by atoms with Gasteiger partial charge in [-0.2, -0.15) is 0 Å². The maximum Gasteiger partial charge on any atom is 0.265 e. The van der Waals surface area contributed by atoms with Gasteiger partial charge in [0.05, 0.1) is 5.69 Å². The van der Waals surface area contributed by atoms with E-state index in [0.29, 0.717) is 16.6 Å². The summed E-state index contributed by atoms with van der Waals surface area (Å²) >= 11 is 1.40. The number of anilines is 2. The number of nitrogens with one attached hydrogen (secondary N) is 1. The van der Waals surface area contributed by atoms with Crippen molar-refractivity contribution >= 4 is 34.0 Å². The number of carbonyl (C=O) groups is 2. The van der Waals surface area contributed by atoms with E-state index in [1.54, 1.807) is 6.20 Å². The average molecular weight is 317 g/mol. The predicted octanol–water partition coefficient (Wildman–Crippen LogP) is 2.12. The zero-order valence-electron chi connectivity index (χ0n) is 12.3. The molecule has 7 heteroatoms. The van der Waals surface area contributed by atoms with E-state index in [9.17, 15) is 9.59 Å². The van der Waals surface area contributed by atoms with Gasteiger partial charge in [0.1, 0.15) is 12.3 Å². The fraction of sp³-hybridized carbons (Fsp3) is 0.267. The molecule has 2 aromatic rings. The smallest absolute Gasteiger partial charge is 0.265 e. The highest BCUT2D eigenvalue weighted by molar-refractivity contribution is 7.15. The molecule has 1 aromatic carbocycles. The van der Waals surface area contributed by atoms with E-state index in [1.165, 1.54) is 16.2 Å². The number of carbonyl (C=O) groups excluding carboxylic acids is 2. The summed E-state index contributed by atoms with van der Waals surface area (Å²) in [4.78, 5) is 30.8. The van der Waals surface area contributed by atoms with Gasteiger partial charge in [-0.15, -0.1) is 11.3 Å². The van der Waals surface area contributed by atoms with Crippen molar-refractivity contribution in [2.24, 2.45) is 0 Å². The first-order valence-corrected chi connectivity index (χ1v) is 7.60. The van der Waals surface area contributed by atoms with Gasteiger partial charge >= 0.3 is 0 Å². The monoisotopic (exact) mass is 317 g/mol. The molecule has 0 fully saturated rings. The summed E-state index contributed by atoms with van der Waals surface area (Å²) in [6.07, 6.45) is 1.69. The van der Waals surface area contributed by atoms with Gasteiger partial charge in [0.2, 0.25) is 5.91 Å². The zero-order chi connectivity index (χ0) is 15.7. The summed E-state index contributed by atoms with van der Waals surface area (Å²) in [5.41, 5.74) is 1.62. The SMILES string of the molecule is Cc1ccc2c(c1)N(CC(=O)Nc1ncc(C)s1)C(=O)CO2. The number of hydrogen-bond donors (Lipinski definition) is 1. The molecule has 6 nitrogen and oxygen atoms in total. The molecule has 1 aliphatic rings. The van der Waals surface area contributed by atoms with Crippen molar-refractivity contribution in [3.63, 3.8) is 0 Å². The lowest BCUT2D eigenvalue weighted by atomic mass is 10.1. The van der Waals surface area contributed by atoms with Gasteiger partial charge in [0.15, 0.2) is 11.7 Å². The Labute approximate surface area is 131 Å². The third-order valence-electron chi connectivity index (χ3n) is 3.23. The van der Waals surface area contributed by atoms with Crippen molar-refractivity contribution in [2.75, 3.05) is 23.4 Å². The van der Waals surface area contributed by atoms with E-state index < -0.39 is 0 Å². The fourth-order valence-corrected chi connectivity index (χ4v) is 2.88. The van der Waals surface area contributed by atoms with Crippen LogP contribution in [0.1, 0.15) is 10.4 Å². The van der Waals surface area contributed by atoms with E-state index in [-0.39, 0.29) is 25.0 Å². The summed E-state index contributed by atoms with van der Waals surface area (Å²) < 4.78 is 5.39. The molecule has 3 rings (SSSR count). The Morgan fingerprint density at radius 2 is 2.27 bits per heavy atom. The van der Waals surface area contributed by atoms with Gasteiger partial charge in [0, 0.05) is 11.1 Å². The summed E-state index contributed by atoms with van der Waals surface area (Å²) in [6.45, 7) is 3.73. The van der Waals surface area contributed by atoms with Gasteiger partial charge in [-0.25, -0.2) is 4.98 Å². The van der Waals surface area contributed by atoms with Crippen LogP contribution in [0.5, 0.6) is 5.75 Å². The minimum Gasteiger partial charge on any atom is -0.482 e. The minimum absolute atomic E-state index is 0.0559. The largest absolute Gasteiger partial charge is 0.482 e. The molecular weight excluding hydrogens is 302 g/mol. The van der Waals surface area contributed by atoms with E-state index >= 15 is 0 Å². The first-order chi connectivity index (χ1) is 10.5. The van der Waals surface area contributed by atoms with Gasteiger partial charge in [-0.3, -0.25) is 14.5 Å². The Morgan fingerprint density at radius 3 is 3.00 bits per heavy atom. The van der Waals surface area contributed by atoms with E-state index in [0.717, 1.165) is 10.4 Å². The fourth-order valence-electron chi connectivity index (χ4n) is 2.20. The van der Waals surface area contributed by atoms with E-state index in [1.807, 2.05) is 32.0 Å². The Morgan fingerprint density at radius 1 is 1.45 bits per heavy atom. The van der Waals surface area contributed by atoms with Gasteiger partial charge in [-0.1, -0.05) is 6.07 Å². The highest BCUT2D eigenvalue weighted by Gasteiger charge is 2.27. The lowest BCUT2D eigenvalue weighted by Crippen LogP contribution is -2.43. The van der Waals surface area contributed by atoms with Gasteiger partial charge in [-0.05, 0) is 31.5 Å². The molecule has 1 aliphatic heterocycles. The van der Waals surface area contributed by atoms with Gasteiger partial charge < -0.3 is 10.1 Å². The van der Waals surface area contributed by atoms with Crippen molar-refractivity contribution in [3.05, 3.63) is 34.8 Å². The number of benzene rings is 1. The molecule has 114 valence electrons. The average Bonchev–Trinajstić information content (AvgIpc) is 2.87. The van der Waals surface area contributed by atoms with Crippen LogP contribution in [0, 0.1) is 13.8 Å². The first-order valence-electron chi connectivity index (χ1n) is 6.79. The molecular formula is C15H15N3O3S. The van der Waals surface area contributed by atoms with Crippen LogP contribution >= 0.6 is 11.3 Å². The molecule has 0 aliphatic carbocycles. The maximum absolute atomic E-state index is 12.2. The molecule has 0 bridgehead atoms. The highest BCUT2D eigenvalue weighted by Crippen LogP contribution is 2.32. The maximum atomic E-state index is 12.2. The van der Waals surface area contributed by atoms with Crippen LogP contribution < -0.4 is 15.0 Å². The van der Waals surface area contributed by atoms with Gasteiger partial charge in [0.25, 0.3) is 5.91 Å². The van der Waals surface area contributed by atoms with E-state index in [2.05, 4.69) is 10.3 Å². The molecule has 0 unspecified atom stereocenters. The van der Waals surface area contributed by atoms with Crippen LogP contribution in [0.3, 0.4) is 0 Å². The van der Waals surface area contributed by atoms with Crippen molar-refractivity contribution in [1.82, 2.24) is 4.98 Å². The first kappa shape index (κ1) is 14.5. The summed E-state index contributed by atoms with van der Waals surface area (Å²) in [7, 11) is 0. The number of aromatic nitrogens is 1. The van der Waals surface area contributed by atoms with Crippen LogP contribution in [0.4, 0.5) is 10.8 Å². The van der Waals surface area contributed by atoms with Crippen molar-refractivity contribution in [2.45, 2.75) is 13.8 Å². The van der Waals surface area contributed by atoms with Crippen molar-refractivity contribution in [3.8, 4) is 5.75 Å². The highest BCUT2D eigenvalue weighted by atomic mass is 32.1. The van der Waals surface area contributed by atoms with Crippen LogP contribution in [0.15, 0.2) is 24.4 Å². The molecule has 2 heterocycles. The molecule has 1 N–H and O–H groups in total. The number of hydrogen-bond acceptors (Lipinski definition) is 5. The van der Waals surface area contributed by atoms with E-state index in [4.69, 9.17) is 4.74 Å². The third kappa shape index (κ3) is 2.94. The van der Waals surface area contributed by atoms with Crippen LogP contribution in [0.2, 0.25) is 0 Å². The standard InChI is InChI=1S/C15H15N3O3S/c1-9-3-4-12-11(5-9)18(14(20)8-21-12)7-13(19)17-15-16-6-10(2)22-15/h3-6H,7-8H2,1-2H3,(H,16,17,19). The Hall–Kier alpha value is -2.41. The second-order valence-corrected chi connectivity index (χ2v) is 6.30. The molecule has 0 spiro atoms. The van der Waals surface area contributed by atoms with Crippen LogP contribution in [-0.2, 0) is 9.59 Å². The van der Waals surface area contributed by atoms with Crippen molar-refractivity contribution in [1.29, 1.82) is 0 Å². The number of fused-ring (bicyclic) bond motifs is 1. The lowest BCUT2D eigenvalue weighted by molar-refractivity contribution is -0.123. The lowest BCUT2D eigenvalue weighted by Gasteiger charge is -2.29. The number of rotatable bonds is 3. The van der Waals surface area contributed by atoms with Crippen molar-refractivity contribution < 1.29 is 14.3 Å². The zero-order valence-corrected chi connectivity index (χ0v) is 13.1. The Bertz CT molecular complexity index is 741. The topological polar surface area (TPSA) is 71.5 Å². The summed E-state index contributed by atoms with van der Waals surface area (Å²) in [5.74, 6) is 0.101. The Balaban J connectivity index is 1.78. The number of nitrogens with zero attached hydrogens (tertiary/aromatic N) is 2. The third-order valence-corrected chi connectivity index (χ3v) is 4.05. The molecule has 0 saturated heterocycles. The quantitative estimate of drug-likeness (QED) is 0.941. The number of thiazole rings is 1. The minimum atomic E-state index is -0.281. The predicted molar refractivity (Wildman–Crippen MR) is 84.5 cm³/mol. The molecule has 0 atom stereocenters. The van der Waals surface area contributed by atoms with Crippen LogP contribution in [0.25, 0.3) is 0 Å². The normalized spacial score (nSPS) is 13.5. The molecule has 2 amide bonds. The molecule has 0 saturated carbocycles. The number of ether oxygens (including phenoxy) is 1. The molecule has 22 heavy (non-hydrogen) atoms. The second-order valence-electron chi connectivity index (χ2n) is 5.06. The molecule has 1 aromatic heterocycles. The summed E-state index contributed by atoms with van der Waals surface area (Å²) in [5, 5.41) is 3.24. The Kier molecular flexibility index (Phi) is 3.81. The number of aryl methyl sites for hydroxylation is 2. The molecule has 0 radical (unpaired) electrons.